The second-order valence-electron chi connectivity index (χ2n) is 6.84. The fourth-order valence-electron chi connectivity index (χ4n) is 3.52. The predicted octanol–water partition coefficient (Wildman–Crippen LogP) is 2.88. The van der Waals surface area contributed by atoms with Crippen molar-refractivity contribution in [2.24, 2.45) is 0 Å². The third-order valence-electron chi connectivity index (χ3n) is 5.17. The molecule has 1 aromatic carbocycles. The van der Waals surface area contributed by atoms with Gasteiger partial charge in [0.25, 0.3) is 11.6 Å². The molecule has 0 spiro atoms. The molecule has 0 saturated carbocycles. The maximum Gasteiger partial charge on any atom is 0.282 e. The van der Waals surface area contributed by atoms with Gasteiger partial charge in [-0.3, -0.25) is 19.8 Å². The molecule has 2 aromatic rings. The van der Waals surface area contributed by atoms with Gasteiger partial charge in [0.15, 0.2) is 0 Å². The van der Waals surface area contributed by atoms with Crippen molar-refractivity contribution in [1.29, 1.82) is 0 Å². The highest BCUT2D eigenvalue weighted by molar-refractivity contribution is 7.98. The summed E-state index contributed by atoms with van der Waals surface area (Å²) in [6, 6.07) is 4.86. The van der Waals surface area contributed by atoms with Crippen LogP contribution in [-0.4, -0.2) is 62.1 Å². The molecular weight excluding hydrogens is 378 g/mol. The maximum absolute atomic E-state index is 13.0. The fraction of sp³-hybridized carbons (Fsp3) is 0.474. The lowest BCUT2D eigenvalue weighted by Crippen LogP contribution is -2.53. The third-order valence-corrected chi connectivity index (χ3v) is 5.90. The van der Waals surface area contributed by atoms with Crippen LogP contribution >= 0.6 is 11.8 Å². The number of amides is 1. The summed E-state index contributed by atoms with van der Waals surface area (Å²) in [5, 5.41) is 11.4. The van der Waals surface area contributed by atoms with Gasteiger partial charge in [0.2, 0.25) is 0 Å². The van der Waals surface area contributed by atoms with Crippen LogP contribution in [0.4, 0.5) is 5.69 Å². The molecule has 1 fully saturated rings. The number of piperazine rings is 1. The zero-order valence-electron chi connectivity index (χ0n) is 16.4. The van der Waals surface area contributed by atoms with Gasteiger partial charge in [-0.1, -0.05) is 0 Å². The minimum atomic E-state index is -0.485. The number of hydrogen-bond donors (Lipinski definition) is 0. The van der Waals surface area contributed by atoms with Crippen LogP contribution in [0.15, 0.2) is 35.5 Å². The van der Waals surface area contributed by atoms with Crippen LogP contribution in [0.25, 0.3) is 0 Å². The number of rotatable bonds is 6. The Balaban J connectivity index is 1.73. The summed E-state index contributed by atoms with van der Waals surface area (Å²) >= 11 is 1.46. The quantitative estimate of drug-likeness (QED) is 0.419. The first-order valence-electron chi connectivity index (χ1n) is 9.30. The van der Waals surface area contributed by atoms with Crippen molar-refractivity contribution >= 4 is 23.4 Å². The average Bonchev–Trinajstić information content (AvgIpc) is 3.15. The summed E-state index contributed by atoms with van der Waals surface area (Å²) in [6.45, 7) is 7.54. The largest absolute Gasteiger partial charge is 0.336 e. The Morgan fingerprint density at radius 1 is 1.39 bits per heavy atom. The average molecular weight is 404 g/mol. The number of nitro benzene ring substituents is 1. The number of aromatic nitrogens is 2. The van der Waals surface area contributed by atoms with E-state index in [9.17, 15) is 14.9 Å². The monoisotopic (exact) mass is 403 g/mol. The molecule has 0 N–H and O–H groups in total. The number of hydrogen-bond acceptors (Lipinski definition) is 6. The highest BCUT2D eigenvalue weighted by Gasteiger charge is 2.31. The SMILES string of the molecule is CCn1ccnc1CN1CCN(C(=O)c2cc(SC)ccc2[N+](=O)[O-])C[C@@H]1C. The Kier molecular flexibility index (Phi) is 6.35. The van der Waals surface area contributed by atoms with Crippen LogP contribution in [0.3, 0.4) is 0 Å². The molecule has 1 atom stereocenters. The molecule has 9 heteroatoms. The lowest BCUT2D eigenvalue weighted by molar-refractivity contribution is -0.385. The number of carbonyl (C=O) groups excluding carboxylic acids is 1. The first kappa shape index (κ1) is 20.3. The van der Waals surface area contributed by atoms with Gasteiger partial charge >= 0.3 is 0 Å². The predicted molar refractivity (Wildman–Crippen MR) is 109 cm³/mol. The Morgan fingerprint density at radius 2 is 2.18 bits per heavy atom. The first-order valence-corrected chi connectivity index (χ1v) is 10.5. The molecule has 28 heavy (non-hydrogen) atoms. The first-order chi connectivity index (χ1) is 13.4. The zero-order chi connectivity index (χ0) is 20.3. The smallest absolute Gasteiger partial charge is 0.282 e. The molecule has 1 amide bonds. The van der Waals surface area contributed by atoms with E-state index in [2.05, 4.69) is 28.3 Å². The van der Waals surface area contributed by atoms with Crippen molar-refractivity contribution in [1.82, 2.24) is 19.4 Å². The summed E-state index contributed by atoms with van der Waals surface area (Å²) in [5.74, 6) is 0.738. The molecule has 0 unspecified atom stereocenters. The number of nitro groups is 1. The van der Waals surface area contributed by atoms with Gasteiger partial charge in [0.1, 0.15) is 11.4 Å². The van der Waals surface area contributed by atoms with Crippen LogP contribution in [0, 0.1) is 10.1 Å². The van der Waals surface area contributed by atoms with E-state index in [1.165, 1.54) is 17.8 Å². The zero-order valence-corrected chi connectivity index (χ0v) is 17.2. The van der Waals surface area contributed by atoms with E-state index in [0.29, 0.717) is 19.6 Å². The van der Waals surface area contributed by atoms with Crippen molar-refractivity contribution in [3.63, 3.8) is 0 Å². The van der Waals surface area contributed by atoms with E-state index in [1.54, 1.807) is 23.2 Å². The molecule has 150 valence electrons. The Bertz CT molecular complexity index is 869. The molecule has 1 saturated heterocycles. The second-order valence-corrected chi connectivity index (χ2v) is 7.72. The van der Waals surface area contributed by atoms with Gasteiger partial charge in [-0.05, 0) is 32.2 Å². The van der Waals surface area contributed by atoms with Crippen molar-refractivity contribution < 1.29 is 9.72 Å². The van der Waals surface area contributed by atoms with Crippen molar-refractivity contribution in [2.75, 3.05) is 25.9 Å². The highest BCUT2D eigenvalue weighted by atomic mass is 32.2. The Morgan fingerprint density at radius 3 is 2.82 bits per heavy atom. The Labute approximate surface area is 168 Å². The van der Waals surface area contributed by atoms with Crippen molar-refractivity contribution in [3.05, 3.63) is 52.1 Å². The van der Waals surface area contributed by atoms with Gasteiger partial charge in [0.05, 0.1) is 11.5 Å². The van der Waals surface area contributed by atoms with Gasteiger partial charge in [-0.2, -0.15) is 0 Å². The van der Waals surface area contributed by atoms with Crippen LogP contribution in [0.1, 0.15) is 30.0 Å². The minimum absolute atomic E-state index is 0.136. The number of aryl methyl sites for hydroxylation is 1. The topological polar surface area (TPSA) is 84.5 Å². The number of imidazole rings is 1. The van der Waals surface area contributed by atoms with E-state index in [4.69, 9.17) is 0 Å². The molecule has 1 aliphatic heterocycles. The molecule has 3 rings (SSSR count). The van der Waals surface area contributed by atoms with Crippen molar-refractivity contribution in [2.45, 2.75) is 37.9 Å². The molecular formula is C19H25N5O3S. The Hall–Kier alpha value is -2.39. The third kappa shape index (κ3) is 4.20. The summed E-state index contributed by atoms with van der Waals surface area (Å²) in [6.07, 6.45) is 5.66. The number of nitrogens with zero attached hydrogens (tertiary/aromatic N) is 5. The minimum Gasteiger partial charge on any atom is -0.336 e. The lowest BCUT2D eigenvalue weighted by Gasteiger charge is -2.39. The van der Waals surface area contributed by atoms with Crippen LogP contribution in [0.5, 0.6) is 0 Å². The van der Waals surface area contributed by atoms with E-state index in [-0.39, 0.29) is 23.2 Å². The molecule has 1 aliphatic rings. The normalized spacial score (nSPS) is 17.7. The molecule has 2 heterocycles. The summed E-state index contributed by atoms with van der Waals surface area (Å²) in [4.78, 5) is 33.2. The number of benzene rings is 1. The van der Waals surface area contributed by atoms with Gasteiger partial charge in [0, 0.05) is 55.6 Å². The van der Waals surface area contributed by atoms with E-state index < -0.39 is 4.92 Å². The van der Waals surface area contributed by atoms with Gasteiger partial charge < -0.3 is 9.47 Å². The molecule has 1 aromatic heterocycles. The lowest BCUT2D eigenvalue weighted by atomic mass is 10.1. The van der Waals surface area contributed by atoms with Crippen LogP contribution in [0.2, 0.25) is 0 Å². The summed E-state index contributed by atoms with van der Waals surface area (Å²) in [7, 11) is 0. The van der Waals surface area contributed by atoms with E-state index in [0.717, 1.165) is 23.8 Å². The van der Waals surface area contributed by atoms with E-state index >= 15 is 0 Å². The van der Waals surface area contributed by atoms with Crippen LogP contribution in [-0.2, 0) is 13.1 Å². The fourth-order valence-corrected chi connectivity index (χ4v) is 3.96. The van der Waals surface area contributed by atoms with Crippen molar-refractivity contribution in [3.8, 4) is 0 Å². The molecule has 8 nitrogen and oxygen atoms in total. The van der Waals surface area contributed by atoms with E-state index in [1.807, 2.05) is 12.5 Å². The molecule has 0 bridgehead atoms. The summed E-state index contributed by atoms with van der Waals surface area (Å²) in [5.41, 5.74) is 0.0295. The second kappa shape index (κ2) is 8.74. The summed E-state index contributed by atoms with van der Waals surface area (Å²) < 4.78 is 2.11. The standard InChI is InChI=1S/C19H25N5O3S/c1-4-21-8-7-20-18(21)13-22-9-10-23(12-14(22)2)19(25)16-11-15(28-3)5-6-17(16)24(26)27/h5-8,11,14H,4,9-10,12-13H2,1-3H3/t14-/m0/s1. The number of thioether (sulfide) groups is 1. The van der Waals surface area contributed by atoms with Gasteiger partial charge in [-0.25, -0.2) is 4.98 Å². The highest BCUT2D eigenvalue weighted by Crippen LogP contribution is 2.27. The van der Waals surface area contributed by atoms with Gasteiger partial charge in [-0.15, -0.1) is 11.8 Å². The van der Waals surface area contributed by atoms with Crippen LogP contribution < -0.4 is 0 Å². The molecule has 0 aliphatic carbocycles. The number of carbonyl (C=O) groups is 1. The molecule has 0 radical (unpaired) electrons. The maximum atomic E-state index is 13.0.